The number of anilines is 1. The molecule has 0 radical (unpaired) electrons. The van der Waals surface area contributed by atoms with Crippen molar-refractivity contribution in [1.29, 1.82) is 0 Å². The Hall–Kier alpha value is -0.325. The summed E-state index contributed by atoms with van der Waals surface area (Å²) in [7, 11) is 2.33. The lowest BCUT2D eigenvalue weighted by Crippen LogP contribution is -2.34. The van der Waals surface area contributed by atoms with Gasteiger partial charge in [0.05, 0.1) is 5.69 Å². The van der Waals surface area contributed by atoms with Crippen LogP contribution in [0.1, 0.15) is 42.5 Å². The van der Waals surface area contributed by atoms with Gasteiger partial charge < -0.3 is 5.43 Å². The summed E-state index contributed by atoms with van der Waals surface area (Å²) in [4.78, 5) is 11.2. The van der Waals surface area contributed by atoms with Gasteiger partial charge in [-0.2, -0.15) is 0 Å². The first-order valence-electron chi connectivity index (χ1n) is 7.06. The molecule has 0 heterocycles. The second kappa shape index (κ2) is 7.62. The molecule has 1 aromatic rings. The van der Waals surface area contributed by atoms with Gasteiger partial charge in [-0.05, 0) is 40.9 Å². The molecule has 6 heteroatoms. The maximum atomic E-state index is 11.2. The third kappa shape index (κ3) is 4.33. The van der Waals surface area contributed by atoms with E-state index >= 15 is 0 Å². The van der Waals surface area contributed by atoms with Crippen molar-refractivity contribution in [3.05, 3.63) is 26.6 Å². The summed E-state index contributed by atoms with van der Waals surface area (Å²) in [6.07, 6.45) is 7.08. The number of aldehydes is 1. The molecule has 1 aromatic carbocycles. The van der Waals surface area contributed by atoms with Crippen LogP contribution in [0.5, 0.6) is 0 Å². The highest BCUT2D eigenvalue weighted by atomic mass is 79.9. The lowest BCUT2D eigenvalue weighted by molar-refractivity contribution is 0.112. The smallest absolute Gasteiger partial charge is 0.152 e. The minimum atomic E-state index is 0.468. The zero-order chi connectivity index (χ0) is 14.5. The van der Waals surface area contributed by atoms with Crippen molar-refractivity contribution in [2.24, 2.45) is 0 Å². The predicted octanol–water partition coefficient (Wildman–Crippen LogP) is 3.69. The topological polar surface area (TPSA) is 41.1 Å². The highest BCUT2D eigenvalue weighted by Crippen LogP contribution is 2.30. The molecule has 2 rings (SSSR count). The zero-order valence-electron chi connectivity index (χ0n) is 11.6. The van der Waals surface area contributed by atoms with Crippen LogP contribution >= 0.6 is 31.9 Å². The van der Waals surface area contributed by atoms with Crippen LogP contribution in [0.3, 0.4) is 0 Å². The van der Waals surface area contributed by atoms with Gasteiger partial charge in [0.2, 0.25) is 0 Å². The van der Waals surface area contributed by atoms with E-state index in [9.17, 15) is 4.79 Å². The number of hydrazine groups is 1. The van der Waals surface area contributed by atoms with Crippen molar-refractivity contribution in [3.8, 4) is 0 Å². The first-order valence-corrected chi connectivity index (χ1v) is 8.64. The first-order chi connectivity index (χ1) is 9.60. The van der Waals surface area contributed by atoms with E-state index in [1.807, 2.05) is 12.1 Å². The SMILES string of the molecule is BC1CCCC(NNc2c(Br)cc(Br)cc2C=O)CC1. The van der Waals surface area contributed by atoms with Gasteiger partial charge in [-0.3, -0.25) is 4.79 Å². The van der Waals surface area contributed by atoms with Crippen molar-refractivity contribution in [2.45, 2.75) is 44.0 Å². The molecule has 1 fully saturated rings. The van der Waals surface area contributed by atoms with Crippen LogP contribution in [-0.2, 0) is 0 Å². The summed E-state index contributed by atoms with van der Waals surface area (Å²) in [5, 5.41) is 0. The molecule has 0 bridgehead atoms. The predicted molar refractivity (Wildman–Crippen MR) is 93.2 cm³/mol. The summed E-state index contributed by atoms with van der Waals surface area (Å²) >= 11 is 6.89. The Morgan fingerprint density at radius 3 is 2.75 bits per heavy atom. The number of benzene rings is 1. The molecule has 0 aromatic heterocycles. The van der Waals surface area contributed by atoms with Gasteiger partial charge >= 0.3 is 0 Å². The van der Waals surface area contributed by atoms with Gasteiger partial charge in [0.15, 0.2) is 6.29 Å². The van der Waals surface area contributed by atoms with Crippen LogP contribution in [0.15, 0.2) is 21.1 Å². The van der Waals surface area contributed by atoms with Crippen LogP contribution in [-0.4, -0.2) is 20.2 Å². The van der Waals surface area contributed by atoms with E-state index in [4.69, 9.17) is 0 Å². The number of hydrogen-bond donors (Lipinski definition) is 2. The molecule has 0 saturated heterocycles. The fourth-order valence-electron chi connectivity index (χ4n) is 2.62. The van der Waals surface area contributed by atoms with Crippen molar-refractivity contribution < 1.29 is 4.79 Å². The third-order valence-electron chi connectivity index (χ3n) is 3.87. The Bertz CT molecular complexity index is 484. The molecule has 1 aliphatic rings. The molecule has 1 saturated carbocycles. The number of hydrogen-bond acceptors (Lipinski definition) is 3. The molecule has 1 aliphatic carbocycles. The molecule has 20 heavy (non-hydrogen) atoms. The Morgan fingerprint density at radius 2 is 2.00 bits per heavy atom. The van der Waals surface area contributed by atoms with Crippen molar-refractivity contribution >= 4 is 51.7 Å². The summed E-state index contributed by atoms with van der Waals surface area (Å²) in [6, 6.07) is 4.22. The average molecular weight is 402 g/mol. The van der Waals surface area contributed by atoms with E-state index in [0.29, 0.717) is 11.6 Å². The lowest BCUT2D eigenvalue weighted by Gasteiger charge is -2.20. The van der Waals surface area contributed by atoms with E-state index < -0.39 is 0 Å². The Morgan fingerprint density at radius 1 is 1.20 bits per heavy atom. The monoisotopic (exact) mass is 400 g/mol. The van der Waals surface area contributed by atoms with Crippen LogP contribution in [0, 0.1) is 0 Å². The minimum absolute atomic E-state index is 0.468. The zero-order valence-corrected chi connectivity index (χ0v) is 14.8. The van der Waals surface area contributed by atoms with E-state index in [1.54, 1.807) is 0 Å². The fourth-order valence-corrected chi connectivity index (χ4v) is 3.98. The minimum Gasteiger partial charge on any atom is -0.319 e. The van der Waals surface area contributed by atoms with E-state index in [2.05, 4.69) is 50.6 Å². The Kier molecular flexibility index (Phi) is 6.11. The molecular weight excluding hydrogens is 383 g/mol. The standard InChI is InChI=1S/C14H19BBr2N2O/c15-10-2-1-3-12(5-4-10)18-19-14-9(8-20)6-11(16)7-13(14)17/h6-8,10,12,18-19H,1-5,15H2. The summed E-state index contributed by atoms with van der Waals surface area (Å²) in [5.41, 5.74) is 8.05. The van der Waals surface area contributed by atoms with Crippen molar-refractivity contribution in [2.75, 3.05) is 5.43 Å². The molecule has 0 aliphatic heterocycles. The van der Waals surface area contributed by atoms with Gasteiger partial charge in [0.1, 0.15) is 7.85 Å². The molecule has 0 spiro atoms. The van der Waals surface area contributed by atoms with Gasteiger partial charge in [0.25, 0.3) is 0 Å². The molecule has 0 amide bonds. The highest BCUT2D eigenvalue weighted by Gasteiger charge is 2.16. The molecule has 2 atom stereocenters. The summed E-state index contributed by atoms with van der Waals surface area (Å²) in [6.45, 7) is 0. The summed E-state index contributed by atoms with van der Waals surface area (Å²) < 4.78 is 1.77. The third-order valence-corrected chi connectivity index (χ3v) is 4.95. The van der Waals surface area contributed by atoms with Gasteiger partial charge in [-0.1, -0.05) is 41.0 Å². The second-order valence-electron chi connectivity index (χ2n) is 5.55. The number of carbonyl (C=O) groups is 1. The normalized spacial score (nSPS) is 23.1. The highest BCUT2D eigenvalue weighted by molar-refractivity contribution is 9.11. The van der Waals surface area contributed by atoms with Gasteiger partial charge in [-0.25, -0.2) is 5.43 Å². The van der Waals surface area contributed by atoms with Crippen LogP contribution in [0.4, 0.5) is 5.69 Å². The molecule has 3 nitrogen and oxygen atoms in total. The van der Waals surface area contributed by atoms with Crippen LogP contribution in [0.2, 0.25) is 5.82 Å². The number of rotatable bonds is 4. The van der Waals surface area contributed by atoms with E-state index in [0.717, 1.165) is 26.7 Å². The van der Waals surface area contributed by atoms with Crippen molar-refractivity contribution in [1.82, 2.24) is 5.43 Å². The molecule has 108 valence electrons. The number of nitrogens with one attached hydrogen (secondary N) is 2. The number of carbonyl (C=O) groups excluding carboxylic acids is 1. The van der Waals surface area contributed by atoms with E-state index in [1.165, 1.54) is 32.1 Å². The molecular formula is C14H19BBr2N2O. The second-order valence-corrected chi connectivity index (χ2v) is 7.32. The van der Waals surface area contributed by atoms with Crippen molar-refractivity contribution in [3.63, 3.8) is 0 Å². The Labute approximate surface area is 137 Å². The van der Waals surface area contributed by atoms with Crippen LogP contribution < -0.4 is 10.9 Å². The molecule has 2 unspecified atom stereocenters. The Balaban J connectivity index is 2.01. The lowest BCUT2D eigenvalue weighted by atomic mass is 9.81. The van der Waals surface area contributed by atoms with Crippen LogP contribution in [0.25, 0.3) is 0 Å². The van der Waals surface area contributed by atoms with Gasteiger partial charge in [-0.15, -0.1) is 0 Å². The van der Waals surface area contributed by atoms with E-state index in [-0.39, 0.29) is 0 Å². The molecule has 2 N–H and O–H groups in total. The quantitative estimate of drug-likeness (QED) is 0.350. The maximum absolute atomic E-state index is 11.2. The maximum Gasteiger partial charge on any atom is 0.152 e. The van der Waals surface area contributed by atoms with Gasteiger partial charge in [0, 0.05) is 20.6 Å². The average Bonchev–Trinajstić information content (AvgIpc) is 2.61. The number of halogens is 2. The summed E-state index contributed by atoms with van der Waals surface area (Å²) in [5.74, 6) is 0.826. The fraction of sp³-hybridized carbons (Fsp3) is 0.500. The largest absolute Gasteiger partial charge is 0.319 e. The first kappa shape index (κ1) is 16.1.